The quantitative estimate of drug-likeness (QED) is 0.633. The number of amides is 1. The van der Waals surface area contributed by atoms with E-state index in [1.54, 1.807) is 6.29 Å². The normalized spacial score (nSPS) is 15.1. The number of benzene rings is 1. The molecule has 121 valence electrons. The van der Waals surface area contributed by atoms with E-state index in [0.29, 0.717) is 18.8 Å². The monoisotopic (exact) mass is 305 g/mol. The third-order valence-corrected chi connectivity index (χ3v) is 3.45. The van der Waals surface area contributed by atoms with Crippen LogP contribution in [-0.2, 0) is 16.0 Å². The Hall–Kier alpha value is -1.72. The average molecular weight is 305 g/mol. The highest BCUT2D eigenvalue weighted by Gasteiger charge is 2.24. The minimum Gasteiger partial charge on any atom is -0.391 e. The number of carbonyl (C=O) groups is 1. The zero-order chi connectivity index (χ0) is 16.5. The molecule has 0 bridgehead atoms. The molecule has 1 radical (unpaired) electrons. The Kier molecular flexibility index (Phi) is 7.77. The summed E-state index contributed by atoms with van der Waals surface area (Å²) in [7, 11) is 0. The number of aliphatic hydroxyl groups is 1. The Morgan fingerprint density at radius 2 is 1.95 bits per heavy atom. The van der Waals surface area contributed by atoms with Gasteiger partial charge in [-0.15, -0.1) is 0 Å². The maximum Gasteiger partial charge on any atom is 0.237 e. The van der Waals surface area contributed by atoms with E-state index in [1.807, 2.05) is 44.2 Å². The van der Waals surface area contributed by atoms with Crippen molar-refractivity contribution in [1.82, 2.24) is 5.32 Å². The first-order valence-corrected chi connectivity index (χ1v) is 7.57. The summed E-state index contributed by atoms with van der Waals surface area (Å²) in [5.41, 5.74) is 6.83. The molecule has 4 N–H and O–H groups in total. The second kappa shape index (κ2) is 9.33. The number of nitrogens with two attached hydrogens (primary N) is 1. The number of nitrogens with one attached hydrogen (secondary N) is 1. The van der Waals surface area contributed by atoms with Crippen molar-refractivity contribution in [2.75, 3.05) is 0 Å². The number of hydrogen-bond donors (Lipinski definition) is 3. The van der Waals surface area contributed by atoms with Crippen LogP contribution in [0.5, 0.6) is 0 Å². The van der Waals surface area contributed by atoms with Crippen LogP contribution in [0.25, 0.3) is 0 Å². The van der Waals surface area contributed by atoms with Crippen molar-refractivity contribution in [2.45, 2.75) is 51.3 Å². The van der Waals surface area contributed by atoms with Crippen molar-refractivity contribution in [3.63, 3.8) is 0 Å². The Bertz CT molecular complexity index is 462. The predicted molar refractivity (Wildman–Crippen MR) is 85.8 cm³/mol. The van der Waals surface area contributed by atoms with Crippen LogP contribution in [0.2, 0.25) is 0 Å². The Morgan fingerprint density at radius 1 is 1.32 bits per heavy atom. The number of hydrogen-bond acceptors (Lipinski definition) is 4. The van der Waals surface area contributed by atoms with Crippen molar-refractivity contribution < 1.29 is 14.7 Å². The summed E-state index contributed by atoms with van der Waals surface area (Å²) in [4.78, 5) is 22.7. The van der Waals surface area contributed by atoms with Gasteiger partial charge in [-0.05, 0) is 24.3 Å². The number of carbonyl (C=O) groups excluding carboxylic acids is 2. The zero-order valence-corrected chi connectivity index (χ0v) is 13.2. The van der Waals surface area contributed by atoms with Gasteiger partial charge in [-0.3, -0.25) is 9.59 Å². The third kappa shape index (κ3) is 6.37. The van der Waals surface area contributed by atoms with Gasteiger partial charge in [0, 0.05) is 6.42 Å². The average Bonchev–Trinajstić information content (AvgIpc) is 2.47. The van der Waals surface area contributed by atoms with Crippen molar-refractivity contribution in [3.05, 3.63) is 35.9 Å². The van der Waals surface area contributed by atoms with E-state index in [0.717, 1.165) is 5.56 Å². The van der Waals surface area contributed by atoms with E-state index < -0.39 is 18.2 Å². The Morgan fingerprint density at radius 3 is 2.50 bits per heavy atom. The van der Waals surface area contributed by atoms with Gasteiger partial charge in [-0.1, -0.05) is 44.2 Å². The molecule has 0 spiro atoms. The summed E-state index contributed by atoms with van der Waals surface area (Å²) < 4.78 is 0. The molecule has 0 aliphatic rings. The molecule has 0 aliphatic carbocycles. The van der Waals surface area contributed by atoms with Crippen molar-refractivity contribution >= 4 is 12.2 Å². The minimum atomic E-state index is -0.979. The summed E-state index contributed by atoms with van der Waals surface area (Å²) >= 11 is 0. The molecule has 0 fully saturated rings. The van der Waals surface area contributed by atoms with E-state index >= 15 is 0 Å². The van der Waals surface area contributed by atoms with Gasteiger partial charge in [0.1, 0.15) is 0 Å². The molecular weight excluding hydrogens is 280 g/mol. The van der Waals surface area contributed by atoms with Gasteiger partial charge in [0.15, 0.2) is 0 Å². The minimum absolute atomic E-state index is 0.142. The lowest BCUT2D eigenvalue weighted by Gasteiger charge is -2.25. The van der Waals surface area contributed by atoms with Crippen molar-refractivity contribution in [2.24, 2.45) is 11.7 Å². The van der Waals surface area contributed by atoms with Crippen LogP contribution in [0.3, 0.4) is 0 Å². The molecule has 1 amide bonds. The first kappa shape index (κ1) is 18.3. The molecule has 3 atom stereocenters. The first-order valence-electron chi connectivity index (χ1n) is 7.57. The van der Waals surface area contributed by atoms with Gasteiger partial charge in [0.05, 0.1) is 18.2 Å². The molecule has 1 aromatic carbocycles. The number of rotatable bonds is 9. The lowest BCUT2D eigenvalue weighted by molar-refractivity contribution is -0.124. The van der Waals surface area contributed by atoms with Gasteiger partial charge in [0.2, 0.25) is 12.2 Å². The van der Waals surface area contributed by atoms with Crippen molar-refractivity contribution in [1.29, 1.82) is 0 Å². The second-order valence-electron chi connectivity index (χ2n) is 5.96. The topological polar surface area (TPSA) is 92.4 Å². The van der Waals surface area contributed by atoms with Crippen LogP contribution >= 0.6 is 0 Å². The highest BCUT2D eigenvalue weighted by molar-refractivity contribution is 5.81. The molecule has 1 aromatic rings. The molecule has 0 unspecified atom stereocenters. The molecule has 22 heavy (non-hydrogen) atoms. The molecule has 5 nitrogen and oxygen atoms in total. The summed E-state index contributed by atoms with van der Waals surface area (Å²) in [5.74, 6) is 0.00105. The fourth-order valence-corrected chi connectivity index (χ4v) is 2.28. The van der Waals surface area contributed by atoms with E-state index in [4.69, 9.17) is 5.73 Å². The maximum absolute atomic E-state index is 12.1. The van der Waals surface area contributed by atoms with Gasteiger partial charge in [0.25, 0.3) is 0 Å². The van der Waals surface area contributed by atoms with Crippen molar-refractivity contribution in [3.8, 4) is 0 Å². The van der Waals surface area contributed by atoms with Crippen LogP contribution in [0.15, 0.2) is 30.3 Å². The Balaban J connectivity index is 2.73. The SMILES string of the molecule is CC(C)C[C@H](N)C(=O)N[C@@H](Cc1ccccc1)[C@@H](O)C[C]=O. The van der Waals surface area contributed by atoms with Crippen LogP contribution in [-0.4, -0.2) is 35.5 Å². The highest BCUT2D eigenvalue weighted by Crippen LogP contribution is 2.09. The van der Waals surface area contributed by atoms with E-state index in [-0.39, 0.29) is 12.3 Å². The molecule has 0 aromatic heterocycles. The fraction of sp³-hybridized carbons (Fsp3) is 0.529. The van der Waals surface area contributed by atoms with Gasteiger partial charge >= 0.3 is 0 Å². The van der Waals surface area contributed by atoms with Gasteiger partial charge < -0.3 is 16.2 Å². The number of aliphatic hydroxyl groups excluding tert-OH is 1. The van der Waals surface area contributed by atoms with Gasteiger partial charge in [-0.25, -0.2) is 0 Å². The maximum atomic E-state index is 12.1. The predicted octanol–water partition coefficient (Wildman–Crippen LogP) is 0.948. The molecule has 0 heterocycles. The van der Waals surface area contributed by atoms with E-state index in [9.17, 15) is 14.7 Å². The molecule has 0 aliphatic heterocycles. The van der Waals surface area contributed by atoms with Crippen LogP contribution in [0, 0.1) is 5.92 Å². The summed E-state index contributed by atoms with van der Waals surface area (Å²) in [6.45, 7) is 3.98. The Labute approximate surface area is 131 Å². The third-order valence-electron chi connectivity index (χ3n) is 3.45. The summed E-state index contributed by atoms with van der Waals surface area (Å²) in [6.07, 6.45) is 1.57. The summed E-state index contributed by atoms with van der Waals surface area (Å²) in [5, 5.41) is 12.8. The first-order chi connectivity index (χ1) is 10.4. The van der Waals surface area contributed by atoms with Gasteiger partial charge in [-0.2, -0.15) is 0 Å². The fourth-order valence-electron chi connectivity index (χ4n) is 2.28. The van der Waals surface area contributed by atoms with Crippen LogP contribution < -0.4 is 11.1 Å². The smallest absolute Gasteiger partial charge is 0.237 e. The lowest BCUT2D eigenvalue weighted by Crippen LogP contribution is -2.51. The highest BCUT2D eigenvalue weighted by atomic mass is 16.3. The lowest BCUT2D eigenvalue weighted by atomic mass is 9.98. The largest absolute Gasteiger partial charge is 0.391 e. The zero-order valence-electron chi connectivity index (χ0n) is 13.2. The van der Waals surface area contributed by atoms with Crippen LogP contribution in [0.1, 0.15) is 32.3 Å². The second-order valence-corrected chi connectivity index (χ2v) is 5.96. The molecule has 0 saturated heterocycles. The van der Waals surface area contributed by atoms with Crippen LogP contribution in [0.4, 0.5) is 0 Å². The molecule has 5 heteroatoms. The molecule has 0 saturated carbocycles. The summed E-state index contributed by atoms with van der Waals surface area (Å²) in [6, 6.07) is 8.30. The molecule has 1 rings (SSSR count). The molecular formula is C17H25N2O3. The van der Waals surface area contributed by atoms with E-state index in [1.165, 1.54) is 0 Å². The van der Waals surface area contributed by atoms with E-state index in [2.05, 4.69) is 5.32 Å². The standard InChI is InChI=1S/C17H25N2O3/c1-12(2)10-14(18)17(22)19-15(16(21)8-9-20)11-13-6-4-3-5-7-13/h3-7,12,14-16,21H,8,10-11,18H2,1-2H3,(H,19,22)/t14-,15-,16-/m0/s1.